The first-order chi connectivity index (χ1) is 12.0. The molecular formula is C19H25ClN4O. The molecule has 0 aliphatic carbocycles. The first kappa shape index (κ1) is 18.0. The van der Waals surface area contributed by atoms with E-state index in [0.29, 0.717) is 28.9 Å². The van der Waals surface area contributed by atoms with Crippen LogP contribution in [0.25, 0.3) is 0 Å². The monoisotopic (exact) mass is 360 g/mol. The number of hydrogen-bond acceptors (Lipinski definition) is 3. The SMILES string of the molecule is Cc1nn(C)c(C(=O)NCC[C@@H]2CCN(Cc3ccccc3)C2)c1Cl. The lowest BCUT2D eigenvalue weighted by atomic mass is 10.1. The molecule has 0 radical (unpaired) electrons. The number of amides is 1. The first-order valence-electron chi connectivity index (χ1n) is 8.78. The van der Waals surface area contributed by atoms with Crippen LogP contribution in [0.5, 0.6) is 0 Å². The number of benzene rings is 1. The summed E-state index contributed by atoms with van der Waals surface area (Å²) in [6.45, 7) is 5.70. The molecule has 1 atom stereocenters. The van der Waals surface area contributed by atoms with Gasteiger partial charge in [-0.05, 0) is 37.8 Å². The fourth-order valence-electron chi connectivity index (χ4n) is 3.49. The molecule has 6 heteroatoms. The highest BCUT2D eigenvalue weighted by Gasteiger charge is 2.23. The first-order valence-corrected chi connectivity index (χ1v) is 9.16. The molecule has 1 aromatic carbocycles. The molecule has 1 amide bonds. The Kier molecular flexibility index (Phi) is 5.76. The molecule has 1 aliphatic rings. The van der Waals surface area contributed by atoms with E-state index in [9.17, 15) is 4.79 Å². The lowest BCUT2D eigenvalue weighted by molar-refractivity contribution is 0.0942. The van der Waals surface area contributed by atoms with Gasteiger partial charge in [-0.2, -0.15) is 5.10 Å². The van der Waals surface area contributed by atoms with Crippen molar-refractivity contribution in [2.45, 2.75) is 26.3 Å². The average molecular weight is 361 g/mol. The van der Waals surface area contributed by atoms with Crippen molar-refractivity contribution < 1.29 is 4.79 Å². The molecule has 2 heterocycles. The molecule has 5 nitrogen and oxygen atoms in total. The van der Waals surface area contributed by atoms with Gasteiger partial charge < -0.3 is 5.32 Å². The average Bonchev–Trinajstić information content (AvgIpc) is 3.13. The highest BCUT2D eigenvalue weighted by Crippen LogP contribution is 2.22. The number of carbonyl (C=O) groups is 1. The minimum Gasteiger partial charge on any atom is -0.351 e. The van der Waals surface area contributed by atoms with E-state index in [0.717, 1.165) is 26.1 Å². The van der Waals surface area contributed by atoms with Crippen molar-refractivity contribution >= 4 is 17.5 Å². The Morgan fingerprint density at radius 2 is 2.12 bits per heavy atom. The summed E-state index contributed by atoms with van der Waals surface area (Å²) < 4.78 is 1.55. The van der Waals surface area contributed by atoms with Crippen LogP contribution < -0.4 is 5.32 Å². The van der Waals surface area contributed by atoms with Crippen molar-refractivity contribution in [1.29, 1.82) is 0 Å². The Labute approximate surface area is 154 Å². The molecule has 134 valence electrons. The predicted molar refractivity (Wildman–Crippen MR) is 99.7 cm³/mol. The second kappa shape index (κ2) is 8.02. The number of aromatic nitrogens is 2. The number of nitrogens with zero attached hydrogens (tertiary/aromatic N) is 3. The zero-order valence-corrected chi connectivity index (χ0v) is 15.6. The number of rotatable bonds is 6. The highest BCUT2D eigenvalue weighted by atomic mass is 35.5. The molecule has 1 aliphatic heterocycles. The zero-order chi connectivity index (χ0) is 17.8. The fraction of sp³-hybridized carbons (Fsp3) is 0.474. The number of halogens is 1. The largest absolute Gasteiger partial charge is 0.351 e. The van der Waals surface area contributed by atoms with Gasteiger partial charge in [0.2, 0.25) is 0 Å². The summed E-state index contributed by atoms with van der Waals surface area (Å²) >= 11 is 6.16. The third-order valence-electron chi connectivity index (χ3n) is 4.82. The van der Waals surface area contributed by atoms with E-state index in [1.54, 1.807) is 18.7 Å². The van der Waals surface area contributed by atoms with E-state index in [1.165, 1.54) is 12.0 Å². The summed E-state index contributed by atoms with van der Waals surface area (Å²) in [4.78, 5) is 14.8. The molecule has 0 saturated carbocycles. The van der Waals surface area contributed by atoms with Gasteiger partial charge >= 0.3 is 0 Å². The maximum Gasteiger partial charge on any atom is 0.271 e. The Bertz CT molecular complexity index is 729. The lowest BCUT2D eigenvalue weighted by Crippen LogP contribution is -2.28. The molecule has 25 heavy (non-hydrogen) atoms. The molecule has 3 rings (SSSR count). The molecule has 1 aromatic heterocycles. The third-order valence-corrected chi connectivity index (χ3v) is 5.27. The quantitative estimate of drug-likeness (QED) is 0.861. The normalized spacial score (nSPS) is 17.8. The maximum absolute atomic E-state index is 12.3. The summed E-state index contributed by atoms with van der Waals surface area (Å²) in [5.74, 6) is 0.486. The van der Waals surface area contributed by atoms with Gasteiger partial charge in [-0.25, -0.2) is 0 Å². The van der Waals surface area contributed by atoms with Crippen molar-refractivity contribution in [3.63, 3.8) is 0 Å². The summed E-state index contributed by atoms with van der Waals surface area (Å²) in [5, 5.41) is 7.61. The zero-order valence-electron chi connectivity index (χ0n) is 14.8. The van der Waals surface area contributed by atoms with E-state index < -0.39 is 0 Å². The smallest absolute Gasteiger partial charge is 0.271 e. The Hall–Kier alpha value is -1.85. The highest BCUT2D eigenvalue weighted by molar-refractivity contribution is 6.34. The van der Waals surface area contributed by atoms with Gasteiger partial charge in [0.1, 0.15) is 5.69 Å². The summed E-state index contributed by atoms with van der Waals surface area (Å²) in [6, 6.07) is 10.6. The standard InChI is InChI=1S/C19H25ClN4O/c1-14-17(20)18(23(2)22-14)19(25)21-10-8-16-9-11-24(13-16)12-15-6-4-3-5-7-15/h3-7,16H,8-13H2,1-2H3,(H,21,25)/t16-/m1/s1. The van der Waals surface area contributed by atoms with Crippen molar-refractivity contribution in [1.82, 2.24) is 20.0 Å². The molecule has 0 spiro atoms. The number of nitrogens with one attached hydrogen (secondary N) is 1. The third kappa shape index (κ3) is 4.41. The van der Waals surface area contributed by atoms with Crippen LogP contribution >= 0.6 is 11.6 Å². The molecule has 1 saturated heterocycles. The van der Waals surface area contributed by atoms with E-state index in [4.69, 9.17) is 11.6 Å². The minimum atomic E-state index is -0.146. The van der Waals surface area contributed by atoms with Gasteiger partial charge in [0, 0.05) is 26.7 Å². The summed E-state index contributed by atoms with van der Waals surface area (Å²) in [7, 11) is 1.74. The van der Waals surface area contributed by atoms with E-state index in [-0.39, 0.29) is 5.91 Å². The molecule has 1 N–H and O–H groups in total. The Morgan fingerprint density at radius 3 is 2.80 bits per heavy atom. The number of aryl methyl sites for hydroxylation is 2. The van der Waals surface area contributed by atoms with Gasteiger partial charge in [0.05, 0.1) is 10.7 Å². The van der Waals surface area contributed by atoms with E-state index in [2.05, 4.69) is 45.6 Å². The second-order valence-electron chi connectivity index (χ2n) is 6.79. The summed E-state index contributed by atoms with van der Waals surface area (Å²) in [6.07, 6.45) is 2.18. The second-order valence-corrected chi connectivity index (χ2v) is 7.17. The topological polar surface area (TPSA) is 50.2 Å². The molecule has 2 aromatic rings. The molecule has 0 unspecified atom stereocenters. The van der Waals surface area contributed by atoms with Crippen molar-refractivity contribution in [3.05, 3.63) is 52.3 Å². The molecule has 1 fully saturated rings. The fourth-order valence-corrected chi connectivity index (χ4v) is 3.73. The minimum absolute atomic E-state index is 0.146. The van der Waals surface area contributed by atoms with Gasteiger partial charge in [-0.15, -0.1) is 0 Å². The summed E-state index contributed by atoms with van der Waals surface area (Å²) in [5.41, 5.74) is 2.48. The van der Waals surface area contributed by atoms with Crippen LogP contribution in [0.2, 0.25) is 5.02 Å². The van der Waals surface area contributed by atoms with E-state index >= 15 is 0 Å². The number of carbonyl (C=O) groups excluding carboxylic acids is 1. The number of hydrogen-bond donors (Lipinski definition) is 1. The van der Waals surface area contributed by atoms with Crippen LogP contribution in [0.15, 0.2) is 30.3 Å². The molecule has 0 bridgehead atoms. The van der Waals surface area contributed by atoms with Crippen LogP contribution in [0.3, 0.4) is 0 Å². The van der Waals surface area contributed by atoms with Crippen LogP contribution in [0.4, 0.5) is 0 Å². The van der Waals surface area contributed by atoms with Crippen molar-refractivity contribution in [2.24, 2.45) is 13.0 Å². The number of likely N-dealkylation sites (tertiary alicyclic amines) is 1. The van der Waals surface area contributed by atoms with Crippen LogP contribution in [0, 0.1) is 12.8 Å². The predicted octanol–water partition coefficient (Wildman–Crippen LogP) is 3.02. The van der Waals surface area contributed by atoms with Crippen LogP contribution in [-0.2, 0) is 13.6 Å². The van der Waals surface area contributed by atoms with Crippen LogP contribution in [0.1, 0.15) is 34.6 Å². The van der Waals surface area contributed by atoms with Gasteiger partial charge in [0.25, 0.3) is 5.91 Å². The van der Waals surface area contributed by atoms with Crippen molar-refractivity contribution in [2.75, 3.05) is 19.6 Å². The van der Waals surface area contributed by atoms with Gasteiger partial charge in [-0.1, -0.05) is 41.9 Å². The Morgan fingerprint density at radius 1 is 1.36 bits per heavy atom. The van der Waals surface area contributed by atoms with E-state index in [1.807, 2.05) is 0 Å². The Balaban J connectivity index is 1.43. The van der Waals surface area contributed by atoms with Crippen LogP contribution in [-0.4, -0.2) is 40.2 Å². The lowest BCUT2D eigenvalue weighted by Gasteiger charge is -2.16. The van der Waals surface area contributed by atoms with Gasteiger partial charge in [0.15, 0.2) is 0 Å². The molecular weight excluding hydrogens is 336 g/mol. The van der Waals surface area contributed by atoms with Gasteiger partial charge in [-0.3, -0.25) is 14.4 Å². The van der Waals surface area contributed by atoms with Crippen molar-refractivity contribution in [3.8, 4) is 0 Å². The maximum atomic E-state index is 12.3.